The number of carboxylic acids is 1. The third-order valence-electron chi connectivity index (χ3n) is 6.90. The first-order valence-corrected chi connectivity index (χ1v) is 10.8. The Morgan fingerprint density at radius 3 is 2.39 bits per heavy atom. The topological polar surface area (TPSA) is 73.3 Å². The van der Waals surface area contributed by atoms with Crippen LogP contribution >= 0.6 is 0 Å². The Morgan fingerprint density at radius 2 is 1.82 bits per heavy atom. The van der Waals surface area contributed by atoms with E-state index in [1.807, 2.05) is 0 Å². The fourth-order valence-corrected chi connectivity index (χ4v) is 4.86. The highest BCUT2D eigenvalue weighted by Crippen LogP contribution is 2.31. The van der Waals surface area contributed by atoms with E-state index in [0.29, 0.717) is 23.0 Å². The number of cyclic esters (lactones) is 1. The van der Waals surface area contributed by atoms with Crippen LogP contribution in [-0.4, -0.2) is 114 Å². The van der Waals surface area contributed by atoms with E-state index >= 15 is 0 Å². The number of likely N-dealkylation sites (tertiary alicyclic amines) is 1. The van der Waals surface area contributed by atoms with E-state index in [9.17, 15) is 9.59 Å². The van der Waals surface area contributed by atoms with E-state index in [2.05, 4.69) is 35.6 Å². The predicted octanol–water partition coefficient (Wildman–Crippen LogP) is 1.26. The van der Waals surface area contributed by atoms with Gasteiger partial charge >= 0.3 is 12.1 Å². The first-order chi connectivity index (χ1) is 13.3. The zero-order valence-electron chi connectivity index (χ0n) is 17.7. The van der Waals surface area contributed by atoms with Crippen molar-refractivity contribution in [2.24, 2.45) is 0 Å². The second-order valence-corrected chi connectivity index (χ2v) is 9.02. The molecule has 2 atom stereocenters. The monoisotopic (exact) mass is 397 g/mol. The average molecular weight is 398 g/mol. The van der Waals surface area contributed by atoms with Gasteiger partial charge in [-0.15, -0.1) is 0 Å². The van der Waals surface area contributed by atoms with E-state index in [1.165, 1.54) is 0 Å². The predicted molar refractivity (Wildman–Crippen MR) is 106 cm³/mol. The second kappa shape index (κ2) is 9.07. The number of amides is 1. The lowest BCUT2D eigenvalue weighted by atomic mass is 10.0. The van der Waals surface area contributed by atoms with E-state index < -0.39 is 5.97 Å². The van der Waals surface area contributed by atoms with Gasteiger partial charge in [-0.3, -0.25) is 9.69 Å². The van der Waals surface area contributed by atoms with Crippen molar-refractivity contribution in [3.8, 4) is 0 Å². The van der Waals surface area contributed by atoms with Crippen molar-refractivity contribution in [3.63, 3.8) is 0 Å². The normalized spacial score (nSPS) is 31.4. The number of carbonyl (C=O) groups excluding carboxylic acids is 1. The van der Waals surface area contributed by atoms with Crippen molar-refractivity contribution < 1.29 is 23.9 Å². The van der Waals surface area contributed by atoms with Gasteiger partial charge in [0.2, 0.25) is 6.23 Å². The molecule has 1 N–H and O–H groups in total. The van der Waals surface area contributed by atoms with Crippen LogP contribution in [0.2, 0.25) is 0 Å². The third-order valence-corrected chi connectivity index (χ3v) is 6.90. The van der Waals surface area contributed by atoms with Gasteiger partial charge in [0.15, 0.2) is 0 Å². The van der Waals surface area contributed by atoms with Gasteiger partial charge in [-0.25, -0.2) is 4.48 Å². The van der Waals surface area contributed by atoms with Crippen LogP contribution in [0, 0.1) is 0 Å². The lowest BCUT2D eigenvalue weighted by molar-refractivity contribution is -0.852. The zero-order chi connectivity index (χ0) is 20.3. The fraction of sp³-hybridized carbons (Fsp3) is 0.900. The van der Waals surface area contributed by atoms with Crippen LogP contribution in [0.25, 0.3) is 0 Å². The maximum atomic E-state index is 12.8. The van der Waals surface area contributed by atoms with Gasteiger partial charge in [0.05, 0.1) is 7.05 Å². The van der Waals surface area contributed by atoms with Crippen LogP contribution in [0.4, 0.5) is 4.79 Å². The van der Waals surface area contributed by atoms with Gasteiger partial charge in [0, 0.05) is 64.6 Å². The van der Waals surface area contributed by atoms with E-state index in [-0.39, 0.29) is 18.7 Å². The minimum Gasteiger partial charge on any atom is -0.481 e. The Balaban J connectivity index is 1.47. The molecular weight excluding hydrogens is 360 g/mol. The van der Waals surface area contributed by atoms with Crippen LogP contribution in [0.1, 0.15) is 39.5 Å². The van der Waals surface area contributed by atoms with Gasteiger partial charge in [-0.2, -0.15) is 4.79 Å². The van der Waals surface area contributed by atoms with Crippen molar-refractivity contribution in [1.82, 2.24) is 14.7 Å². The molecule has 3 fully saturated rings. The molecule has 3 saturated heterocycles. The molecule has 3 aliphatic heterocycles. The highest BCUT2D eigenvalue weighted by atomic mass is 16.6. The molecule has 160 valence electrons. The van der Waals surface area contributed by atoms with Crippen LogP contribution in [0.5, 0.6) is 0 Å². The van der Waals surface area contributed by atoms with Gasteiger partial charge in [-0.05, 0) is 26.8 Å². The molecule has 0 aromatic rings. The highest BCUT2D eigenvalue weighted by molar-refractivity contribution is 5.66. The van der Waals surface area contributed by atoms with Crippen LogP contribution in [0.3, 0.4) is 0 Å². The van der Waals surface area contributed by atoms with Crippen molar-refractivity contribution in [1.29, 1.82) is 0 Å². The quantitative estimate of drug-likeness (QED) is 0.649. The number of rotatable bonds is 7. The Morgan fingerprint density at radius 1 is 1.18 bits per heavy atom. The molecule has 0 aromatic carbocycles. The van der Waals surface area contributed by atoms with Gasteiger partial charge in [0.1, 0.15) is 12.6 Å². The van der Waals surface area contributed by atoms with Crippen LogP contribution < -0.4 is 0 Å². The molecule has 3 aliphatic rings. The number of ether oxygens (including phenoxy) is 1. The molecule has 28 heavy (non-hydrogen) atoms. The molecule has 8 nitrogen and oxygen atoms in total. The molecule has 0 saturated carbocycles. The number of nitrogens with zero attached hydrogens (tertiary/aromatic N) is 4. The lowest BCUT2D eigenvalue weighted by Crippen LogP contribution is -2.59. The van der Waals surface area contributed by atoms with Crippen molar-refractivity contribution in [3.05, 3.63) is 0 Å². The molecule has 3 rings (SSSR count). The third kappa shape index (κ3) is 4.84. The lowest BCUT2D eigenvalue weighted by Gasteiger charge is -2.41. The van der Waals surface area contributed by atoms with Gasteiger partial charge in [-0.1, -0.05) is 0 Å². The van der Waals surface area contributed by atoms with Crippen molar-refractivity contribution >= 4 is 12.1 Å². The molecule has 0 bridgehead atoms. The average Bonchev–Trinajstić information content (AvgIpc) is 2.98. The minimum atomic E-state index is -0.729. The Kier molecular flexibility index (Phi) is 6.96. The first kappa shape index (κ1) is 21.5. The number of piperazine rings is 1. The Bertz CT molecular complexity index is 556. The molecule has 0 aliphatic carbocycles. The summed E-state index contributed by atoms with van der Waals surface area (Å²) in [6.07, 6.45) is 2.82. The fourth-order valence-electron chi connectivity index (χ4n) is 4.86. The summed E-state index contributed by atoms with van der Waals surface area (Å²) in [5.41, 5.74) is 0. The molecule has 0 aromatic heterocycles. The van der Waals surface area contributed by atoms with E-state index in [1.54, 1.807) is 0 Å². The number of hydrogen-bond acceptors (Lipinski definition) is 6. The smallest absolute Gasteiger partial charge is 0.481 e. The van der Waals surface area contributed by atoms with E-state index in [0.717, 1.165) is 65.2 Å². The standard InChI is InChI=1S/C20H36N4O4/c1-16(2)22-9-6-17(7-10-22)24(3)15-18(28-20(24)27)23-13-11-21(12-14-23)8-4-5-19(25)26/h16-18H,4-15H2,1-3H3/p+1. The number of aliphatic carboxylic acids is 1. The summed E-state index contributed by atoms with van der Waals surface area (Å²) < 4.78 is 6.25. The van der Waals surface area contributed by atoms with Crippen molar-refractivity contribution in [2.45, 2.75) is 57.8 Å². The summed E-state index contributed by atoms with van der Waals surface area (Å²) in [4.78, 5) is 30.5. The molecule has 3 heterocycles. The SMILES string of the molecule is CC(C)N1CCC([N+]2(C)CC(N3CCN(CCCC(=O)O)CC3)OC2=O)CC1. The second-order valence-electron chi connectivity index (χ2n) is 9.02. The molecule has 0 spiro atoms. The maximum Gasteiger partial charge on any atom is 0.517 e. The van der Waals surface area contributed by atoms with Gasteiger partial charge in [0.25, 0.3) is 0 Å². The Hall–Kier alpha value is -1.22. The summed E-state index contributed by atoms with van der Waals surface area (Å²) in [7, 11) is 2.06. The minimum absolute atomic E-state index is 0.0723. The number of likely N-dealkylation sites (N-methyl/N-ethyl adjacent to an activating group) is 1. The number of piperidine rings is 1. The summed E-state index contributed by atoms with van der Waals surface area (Å²) in [5, 5.41) is 8.77. The largest absolute Gasteiger partial charge is 0.517 e. The molecular formula is C20H37N4O4+. The summed E-state index contributed by atoms with van der Waals surface area (Å²) in [6.45, 7) is 11.7. The van der Waals surface area contributed by atoms with E-state index in [4.69, 9.17) is 9.84 Å². The number of hydrogen-bond donors (Lipinski definition) is 1. The summed E-state index contributed by atoms with van der Waals surface area (Å²) >= 11 is 0. The van der Waals surface area contributed by atoms with Crippen LogP contribution in [-0.2, 0) is 9.53 Å². The molecule has 1 amide bonds. The number of carboxylic acid groups (broad SMARTS) is 1. The van der Waals surface area contributed by atoms with Crippen LogP contribution in [0.15, 0.2) is 0 Å². The number of carbonyl (C=O) groups is 2. The highest BCUT2D eigenvalue weighted by Gasteiger charge is 2.53. The number of quaternary nitrogens is 1. The summed E-state index contributed by atoms with van der Waals surface area (Å²) in [6, 6.07) is 0.918. The molecule has 8 heteroatoms. The Labute approximate surface area is 168 Å². The summed E-state index contributed by atoms with van der Waals surface area (Å²) in [5.74, 6) is -0.729. The maximum absolute atomic E-state index is 12.8. The van der Waals surface area contributed by atoms with Crippen molar-refractivity contribution in [2.75, 3.05) is 59.4 Å². The van der Waals surface area contributed by atoms with Gasteiger partial charge < -0.3 is 19.6 Å². The molecule has 2 unspecified atom stereocenters. The zero-order valence-corrected chi connectivity index (χ0v) is 17.7. The molecule has 0 radical (unpaired) electrons. The first-order valence-electron chi connectivity index (χ1n) is 10.8.